The van der Waals surface area contributed by atoms with E-state index in [0.29, 0.717) is 0 Å². The number of unbranched alkanes of at least 4 members (excludes halogenated alkanes) is 3. The third-order valence-electron chi connectivity index (χ3n) is 3.66. The van der Waals surface area contributed by atoms with E-state index < -0.39 is 0 Å². The Hall–Kier alpha value is -1.84. The molecule has 21 heavy (non-hydrogen) atoms. The highest BCUT2D eigenvalue weighted by Crippen LogP contribution is 2.24. The Bertz CT molecular complexity index is 617. The predicted octanol–water partition coefficient (Wildman–Crippen LogP) is 3.68. The van der Waals surface area contributed by atoms with Crippen molar-refractivity contribution in [1.29, 1.82) is 0 Å². The van der Waals surface area contributed by atoms with Gasteiger partial charge in [0, 0.05) is 11.9 Å². The van der Waals surface area contributed by atoms with E-state index in [2.05, 4.69) is 23.5 Å². The Kier molecular flexibility index (Phi) is 5.37. The fourth-order valence-electron chi connectivity index (χ4n) is 2.56. The molecule has 0 aliphatic carbocycles. The lowest BCUT2D eigenvalue weighted by atomic mass is 10.1. The van der Waals surface area contributed by atoms with Gasteiger partial charge in [0.25, 0.3) is 0 Å². The number of carbonyl (C=O) groups excluding carboxylic acids is 1. The molecule has 1 amide bonds. The van der Waals surface area contributed by atoms with Crippen molar-refractivity contribution >= 4 is 16.9 Å². The number of fused-ring (bicyclic) bond motifs is 1. The lowest BCUT2D eigenvalue weighted by Crippen LogP contribution is -2.26. The van der Waals surface area contributed by atoms with Crippen molar-refractivity contribution in [3.63, 3.8) is 0 Å². The summed E-state index contributed by atoms with van der Waals surface area (Å²) >= 11 is 0. The van der Waals surface area contributed by atoms with Crippen LogP contribution in [0.25, 0.3) is 11.0 Å². The van der Waals surface area contributed by atoms with Crippen molar-refractivity contribution in [2.24, 2.45) is 0 Å². The van der Waals surface area contributed by atoms with Gasteiger partial charge in [-0.25, -0.2) is 0 Å². The molecule has 0 fully saturated rings. The average Bonchev–Trinajstić information content (AvgIpc) is 2.82. The maximum Gasteiger partial charge on any atom is 0.226 e. The smallest absolute Gasteiger partial charge is 0.226 e. The summed E-state index contributed by atoms with van der Waals surface area (Å²) in [4.78, 5) is 12.0. The number of nitrogens with one attached hydrogen (secondary N) is 1. The number of carbonyl (C=O) groups is 1. The van der Waals surface area contributed by atoms with Crippen LogP contribution in [0.15, 0.2) is 16.7 Å². The molecule has 0 aliphatic rings. The molecule has 1 aromatic carbocycles. The molecular weight excluding hydrogens is 264 g/mol. The minimum atomic E-state index is 0.0147. The molecule has 0 saturated carbocycles. The van der Waals surface area contributed by atoms with Gasteiger partial charge < -0.3 is 9.84 Å². The van der Waals surface area contributed by atoms with Gasteiger partial charge in [-0.05, 0) is 37.5 Å². The van der Waals surface area contributed by atoms with E-state index in [1.165, 1.54) is 19.3 Å². The van der Waals surface area contributed by atoms with E-state index in [0.717, 1.165) is 40.8 Å². The first kappa shape index (κ1) is 15.5. The van der Waals surface area contributed by atoms with Crippen LogP contribution in [0.2, 0.25) is 0 Å². The molecule has 114 valence electrons. The van der Waals surface area contributed by atoms with Crippen LogP contribution in [0, 0.1) is 13.8 Å². The molecular formula is C17H24N2O2. The number of hydrogen-bond acceptors (Lipinski definition) is 3. The molecule has 2 aromatic rings. The van der Waals surface area contributed by atoms with Crippen molar-refractivity contribution in [3.8, 4) is 0 Å². The van der Waals surface area contributed by atoms with E-state index in [1.54, 1.807) is 0 Å². The number of rotatable bonds is 7. The number of benzene rings is 1. The topological polar surface area (TPSA) is 55.1 Å². The Balaban J connectivity index is 1.95. The van der Waals surface area contributed by atoms with Crippen molar-refractivity contribution in [2.45, 2.75) is 52.9 Å². The summed E-state index contributed by atoms with van der Waals surface area (Å²) in [6, 6.07) is 4.09. The number of nitrogens with zero attached hydrogens (tertiary/aromatic N) is 1. The van der Waals surface area contributed by atoms with Crippen LogP contribution in [-0.2, 0) is 11.2 Å². The Morgan fingerprint density at radius 3 is 2.81 bits per heavy atom. The molecule has 1 aromatic heterocycles. The maximum absolute atomic E-state index is 12.0. The van der Waals surface area contributed by atoms with Crippen molar-refractivity contribution in [1.82, 2.24) is 10.5 Å². The number of amides is 1. The van der Waals surface area contributed by atoms with Gasteiger partial charge in [0.15, 0.2) is 5.58 Å². The quantitative estimate of drug-likeness (QED) is 0.791. The first-order chi connectivity index (χ1) is 10.1. The van der Waals surface area contributed by atoms with Gasteiger partial charge >= 0.3 is 0 Å². The standard InChI is InChI=1S/C17H24N2O2/c1-4-5-6-7-8-18-16(20)11-15-14-10-12(2)9-13(3)17(14)21-19-15/h9-10H,4-8,11H2,1-3H3,(H,18,20). The lowest BCUT2D eigenvalue weighted by Gasteiger charge is -2.03. The molecule has 0 atom stereocenters. The molecule has 1 heterocycles. The lowest BCUT2D eigenvalue weighted by molar-refractivity contribution is -0.120. The molecule has 0 unspecified atom stereocenters. The molecule has 0 radical (unpaired) electrons. The summed E-state index contributed by atoms with van der Waals surface area (Å²) in [6.45, 7) is 6.96. The Labute approximate surface area is 125 Å². The summed E-state index contributed by atoms with van der Waals surface area (Å²) in [5, 5.41) is 7.96. The molecule has 0 spiro atoms. The summed E-state index contributed by atoms with van der Waals surface area (Å²) < 4.78 is 5.36. The van der Waals surface area contributed by atoms with Crippen LogP contribution in [0.3, 0.4) is 0 Å². The number of hydrogen-bond donors (Lipinski definition) is 1. The fourth-order valence-corrected chi connectivity index (χ4v) is 2.56. The minimum absolute atomic E-state index is 0.0147. The van der Waals surface area contributed by atoms with E-state index >= 15 is 0 Å². The van der Waals surface area contributed by atoms with Crippen LogP contribution in [0.1, 0.15) is 49.4 Å². The van der Waals surface area contributed by atoms with Gasteiger partial charge in [0.1, 0.15) is 5.69 Å². The van der Waals surface area contributed by atoms with Crippen LogP contribution in [0.4, 0.5) is 0 Å². The molecule has 0 aliphatic heterocycles. The monoisotopic (exact) mass is 288 g/mol. The van der Waals surface area contributed by atoms with Gasteiger partial charge in [-0.15, -0.1) is 0 Å². The first-order valence-electron chi connectivity index (χ1n) is 7.74. The van der Waals surface area contributed by atoms with Crippen LogP contribution in [0.5, 0.6) is 0 Å². The van der Waals surface area contributed by atoms with Gasteiger partial charge in [-0.1, -0.05) is 37.4 Å². The zero-order valence-corrected chi connectivity index (χ0v) is 13.2. The van der Waals surface area contributed by atoms with Gasteiger partial charge in [-0.2, -0.15) is 0 Å². The third-order valence-corrected chi connectivity index (χ3v) is 3.66. The summed E-state index contributed by atoms with van der Waals surface area (Å²) in [5.74, 6) is 0.0147. The van der Waals surface area contributed by atoms with E-state index in [1.807, 2.05) is 19.9 Å². The zero-order valence-electron chi connectivity index (χ0n) is 13.2. The van der Waals surface area contributed by atoms with E-state index in [-0.39, 0.29) is 12.3 Å². The summed E-state index contributed by atoms with van der Waals surface area (Å²) in [6.07, 6.45) is 4.92. The van der Waals surface area contributed by atoms with E-state index in [4.69, 9.17) is 4.52 Å². The minimum Gasteiger partial charge on any atom is -0.356 e. The molecule has 0 saturated heterocycles. The highest BCUT2D eigenvalue weighted by atomic mass is 16.5. The van der Waals surface area contributed by atoms with Gasteiger partial charge in [0.2, 0.25) is 5.91 Å². The fraction of sp³-hybridized carbons (Fsp3) is 0.529. The van der Waals surface area contributed by atoms with Crippen molar-refractivity contribution in [3.05, 3.63) is 29.0 Å². The highest BCUT2D eigenvalue weighted by molar-refractivity contribution is 5.88. The Morgan fingerprint density at radius 2 is 2.05 bits per heavy atom. The largest absolute Gasteiger partial charge is 0.356 e. The third kappa shape index (κ3) is 4.06. The molecule has 4 nitrogen and oxygen atoms in total. The van der Waals surface area contributed by atoms with Gasteiger partial charge in [0.05, 0.1) is 6.42 Å². The number of aromatic nitrogens is 1. The second kappa shape index (κ2) is 7.25. The molecule has 0 bridgehead atoms. The predicted molar refractivity (Wildman–Crippen MR) is 84.3 cm³/mol. The SMILES string of the molecule is CCCCCCNC(=O)Cc1noc2c(C)cc(C)cc12. The summed E-state index contributed by atoms with van der Waals surface area (Å²) in [5.41, 5.74) is 3.72. The van der Waals surface area contributed by atoms with Gasteiger partial charge in [-0.3, -0.25) is 4.79 Å². The van der Waals surface area contributed by atoms with Crippen LogP contribution < -0.4 is 5.32 Å². The number of aryl methyl sites for hydroxylation is 2. The van der Waals surface area contributed by atoms with E-state index in [9.17, 15) is 4.79 Å². The molecule has 1 N–H and O–H groups in total. The molecule has 2 rings (SSSR count). The Morgan fingerprint density at radius 1 is 1.24 bits per heavy atom. The normalized spacial score (nSPS) is 11.0. The maximum atomic E-state index is 12.0. The van der Waals surface area contributed by atoms with Crippen LogP contribution >= 0.6 is 0 Å². The average molecular weight is 288 g/mol. The van der Waals surface area contributed by atoms with Crippen LogP contribution in [-0.4, -0.2) is 17.6 Å². The molecule has 4 heteroatoms. The first-order valence-corrected chi connectivity index (χ1v) is 7.74. The van der Waals surface area contributed by atoms with Crippen molar-refractivity contribution < 1.29 is 9.32 Å². The summed E-state index contributed by atoms with van der Waals surface area (Å²) in [7, 11) is 0. The second-order valence-electron chi connectivity index (χ2n) is 5.68. The van der Waals surface area contributed by atoms with Crippen molar-refractivity contribution in [2.75, 3.05) is 6.54 Å². The second-order valence-corrected chi connectivity index (χ2v) is 5.68. The zero-order chi connectivity index (χ0) is 15.2. The highest BCUT2D eigenvalue weighted by Gasteiger charge is 2.14.